The number of anilines is 2. The molecular formula is C27H28N2O4S. The second-order valence-corrected chi connectivity index (χ2v) is 9.73. The molecule has 2 amide bonds. The summed E-state index contributed by atoms with van der Waals surface area (Å²) in [6.07, 6.45) is 5.22. The first-order valence-corrected chi connectivity index (χ1v) is 12.3. The molecule has 4 rings (SSSR count). The second-order valence-electron chi connectivity index (χ2n) is 8.50. The van der Waals surface area contributed by atoms with E-state index in [4.69, 9.17) is 4.74 Å². The Kier molecular flexibility index (Phi) is 7.43. The Balaban J connectivity index is 1.44. The number of hydrogen-bond donors (Lipinski definition) is 2. The number of benzene rings is 2. The number of thiophene rings is 1. The van der Waals surface area contributed by atoms with Gasteiger partial charge in [0.1, 0.15) is 11.1 Å². The van der Waals surface area contributed by atoms with Gasteiger partial charge in [-0.25, -0.2) is 4.79 Å². The highest BCUT2D eigenvalue weighted by Crippen LogP contribution is 2.33. The van der Waals surface area contributed by atoms with E-state index in [0.29, 0.717) is 27.4 Å². The van der Waals surface area contributed by atoms with Crippen LogP contribution >= 0.6 is 11.3 Å². The van der Waals surface area contributed by atoms with Crippen molar-refractivity contribution in [3.63, 3.8) is 0 Å². The van der Waals surface area contributed by atoms with E-state index in [9.17, 15) is 14.4 Å². The summed E-state index contributed by atoms with van der Waals surface area (Å²) >= 11 is 1.37. The molecule has 2 N–H and O–H groups in total. The highest BCUT2D eigenvalue weighted by atomic mass is 32.1. The average molecular weight is 477 g/mol. The number of ether oxygens (including phenoxy) is 1. The first kappa shape index (κ1) is 23.7. The summed E-state index contributed by atoms with van der Waals surface area (Å²) in [6.45, 7) is 3.78. The van der Waals surface area contributed by atoms with Crippen molar-refractivity contribution in [3.8, 4) is 0 Å². The number of aryl methyl sites for hydroxylation is 1. The zero-order valence-electron chi connectivity index (χ0n) is 19.4. The summed E-state index contributed by atoms with van der Waals surface area (Å²) in [7, 11) is 0. The van der Waals surface area contributed by atoms with Crippen LogP contribution in [-0.2, 0) is 4.74 Å². The topological polar surface area (TPSA) is 84.5 Å². The lowest BCUT2D eigenvalue weighted by molar-refractivity contribution is 0.0211. The van der Waals surface area contributed by atoms with Gasteiger partial charge in [-0.05, 0) is 81.5 Å². The number of carbonyl (C=O) groups is 3. The number of esters is 1. The van der Waals surface area contributed by atoms with E-state index in [1.807, 2.05) is 19.9 Å². The predicted octanol–water partition coefficient (Wildman–Crippen LogP) is 6.36. The standard InChI is InChI=1S/C27H28N2O4S/c1-17-18(2)34-26(29-24(30)19-9-5-3-6-10-19)23(17)25(31)28-21-15-13-20(14-16-21)27(32)33-22-11-7-4-8-12-22/h3,5-6,9-10,13-16,22H,4,7-8,11-12H2,1-2H3,(H,28,31)(H,29,30). The van der Waals surface area contributed by atoms with Gasteiger partial charge in [-0.1, -0.05) is 24.6 Å². The van der Waals surface area contributed by atoms with Crippen LogP contribution in [0.25, 0.3) is 0 Å². The Morgan fingerprint density at radius 1 is 0.824 bits per heavy atom. The van der Waals surface area contributed by atoms with E-state index >= 15 is 0 Å². The lowest BCUT2D eigenvalue weighted by atomic mass is 9.98. The van der Waals surface area contributed by atoms with Crippen LogP contribution in [0.4, 0.5) is 10.7 Å². The van der Waals surface area contributed by atoms with E-state index in [1.54, 1.807) is 48.5 Å². The molecule has 0 bridgehead atoms. The van der Waals surface area contributed by atoms with Crippen molar-refractivity contribution in [1.82, 2.24) is 0 Å². The summed E-state index contributed by atoms with van der Waals surface area (Å²) in [5.41, 5.74) is 2.80. The molecule has 34 heavy (non-hydrogen) atoms. The van der Waals surface area contributed by atoms with Crippen LogP contribution in [0, 0.1) is 13.8 Å². The molecule has 0 atom stereocenters. The summed E-state index contributed by atoms with van der Waals surface area (Å²) in [6, 6.07) is 15.6. The number of carbonyl (C=O) groups excluding carboxylic acids is 3. The summed E-state index contributed by atoms with van der Waals surface area (Å²) < 4.78 is 5.61. The molecule has 1 aliphatic carbocycles. The van der Waals surface area contributed by atoms with Gasteiger partial charge in [0.2, 0.25) is 0 Å². The van der Waals surface area contributed by atoms with Crippen molar-refractivity contribution >= 4 is 39.8 Å². The first-order valence-electron chi connectivity index (χ1n) is 11.5. The van der Waals surface area contributed by atoms with Crippen LogP contribution in [-0.4, -0.2) is 23.9 Å². The maximum atomic E-state index is 13.1. The third-order valence-electron chi connectivity index (χ3n) is 6.08. The summed E-state index contributed by atoms with van der Waals surface area (Å²) in [4.78, 5) is 39.1. The Labute approximate surface area is 203 Å². The fraction of sp³-hybridized carbons (Fsp3) is 0.296. The lowest BCUT2D eigenvalue weighted by Crippen LogP contribution is -2.21. The van der Waals surface area contributed by atoms with Crippen molar-refractivity contribution in [2.45, 2.75) is 52.1 Å². The van der Waals surface area contributed by atoms with Gasteiger partial charge in [0.05, 0.1) is 11.1 Å². The van der Waals surface area contributed by atoms with Crippen molar-refractivity contribution in [1.29, 1.82) is 0 Å². The van der Waals surface area contributed by atoms with Gasteiger partial charge in [-0.15, -0.1) is 11.3 Å². The van der Waals surface area contributed by atoms with Gasteiger partial charge in [0, 0.05) is 16.1 Å². The van der Waals surface area contributed by atoms with Gasteiger partial charge >= 0.3 is 5.97 Å². The van der Waals surface area contributed by atoms with Crippen LogP contribution in [0.15, 0.2) is 54.6 Å². The minimum atomic E-state index is -0.333. The first-order chi connectivity index (χ1) is 16.4. The smallest absolute Gasteiger partial charge is 0.338 e. The molecule has 6 nitrogen and oxygen atoms in total. The fourth-order valence-electron chi connectivity index (χ4n) is 4.04. The quantitative estimate of drug-likeness (QED) is 0.406. The molecule has 0 radical (unpaired) electrons. The SMILES string of the molecule is Cc1sc(NC(=O)c2ccccc2)c(C(=O)Nc2ccc(C(=O)OC3CCCCC3)cc2)c1C. The molecule has 0 aliphatic heterocycles. The molecule has 1 aromatic heterocycles. The van der Waals surface area contributed by atoms with E-state index < -0.39 is 0 Å². The Hall–Kier alpha value is -3.45. The number of rotatable bonds is 6. The van der Waals surface area contributed by atoms with Gasteiger partial charge in [0.15, 0.2) is 0 Å². The molecule has 1 aliphatic rings. The maximum absolute atomic E-state index is 13.1. The molecule has 7 heteroatoms. The lowest BCUT2D eigenvalue weighted by Gasteiger charge is -2.21. The van der Waals surface area contributed by atoms with Gasteiger partial charge in [0.25, 0.3) is 11.8 Å². The zero-order chi connectivity index (χ0) is 24.1. The minimum Gasteiger partial charge on any atom is -0.459 e. The monoisotopic (exact) mass is 476 g/mol. The van der Waals surface area contributed by atoms with Gasteiger partial charge < -0.3 is 15.4 Å². The molecule has 176 valence electrons. The molecule has 0 saturated heterocycles. The number of nitrogens with one attached hydrogen (secondary N) is 2. The molecule has 1 heterocycles. The number of amides is 2. The molecule has 3 aromatic rings. The Morgan fingerprint density at radius 3 is 2.18 bits per heavy atom. The van der Waals surface area contributed by atoms with E-state index in [2.05, 4.69) is 10.6 Å². The van der Waals surface area contributed by atoms with Gasteiger partial charge in [-0.3, -0.25) is 9.59 Å². The molecule has 1 saturated carbocycles. The minimum absolute atomic E-state index is 0.00467. The van der Waals surface area contributed by atoms with Crippen LogP contribution in [0.1, 0.15) is 73.6 Å². The summed E-state index contributed by atoms with van der Waals surface area (Å²) in [5.74, 6) is -0.917. The van der Waals surface area contributed by atoms with E-state index in [1.165, 1.54) is 17.8 Å². The van der Waals surface area contributed by atoms with Crippen molar-refractivity contribution in [2.75, 3.05) is 10.6 Å². The second kappa shape index (κ2) is 10.7. The van der Waals surface area contributed by atoms with Crippen molar-refractivity contribution in [2.24, 2.45) is 0 Å². The maximum Gasteiger partial charge on any atom is 0.338 e. The molecule has 0 spiro atoms. The van der Waals surface area contributed by atoms with Crippen LogP contribution in [0.3, 0.4) is 0 Å². The Morgan fingerprint density at radius 2 is 1.50 bits per heavy atom. The molecule has 2 aromatic carbocycles. The average Bonchev–Trinajstić information content (AvgIpc) is 3.13. The zero-order valence-corrected chi connectivity index (χ0v) is 20.2. The largest absolute Gasteiger partial charge is 0.459 e. The van der Waals surface area contributed by atoms with E-state index in [-0.39, 0.29) is 23.9 Å². The van der Waals surface area contributed by atoms with Crippen LogP contribution < -0.4 is 10.6 Å². The highest BCUT2D eigenvalue weighted by Gasteiger charge is 2.22. The molecular weight excluding hydrogens is 448 g/mol. The van der Waals surface area contributed by atoms with Gasteiger partial charge in [-0.2, -0.15) is 0 Å². The molecule has 1 fully saturated rings. The van der Waals surface area contributed by atoms with Crippen LogP contribution in [0.5, 0.6) is 0 Å². The van der Waals surface area contributed by atoms with Crippen molar-refractivity contribution in [3.05, 3.63) is 81.7 Å². The van der Waals surface area contributed by atoms with E-state index in [0.717, 1.165) is 36.1 Å². The normalized spacial score (nSPS) is 13.8. The Bertz CT molecular complexity index is 1180. The fourth-order valence-corrected chi connectivity index (χ4v) is 5.09. The third-order valence-corrected chi connectivity index (χ3v) is 7.20. The third kappa shape index (κ3) is 5.54. The number of hydrogen-bond acceptors (Lipinski definition) is 5. The molecule has 0 unspecified atom stereocenters. The highest BCUT2D eigenvalue weighted by molar-refractivity contribution is 7.16. The van der Waals surface area contributed by atoms with Crippen molar-refractivity contribution < 1.29 is 19.1 Å². The van der Waals surface area contributed by atoms with Crippen LogP contribution in [0.2, 0.25) is 0 Å². The predicted molar refractivity (Wildman–Crippen MR) is 135 cm³/mol. The summed E-state index contributed by atoms with van der Waals surface area (Å²) in [5, 5.41) is 6.26.